The summed E-state index contributed by atoms with van der Waals surface area (Å²) in [5.41, 5.74) is 8.04. The van der Waals surface area contributed by atoms with Crippen LogP contribution in [0.15, 0.2) is 35.0 Å². The summed E-state index contributed by atoms with van der Waals surface area (Å²) in [6.45, 7) is 1.99. The molecule has 1 amide bonds. The van der Waals surface area contributed by atoms with E-state index in [0.717, 1.165) is 6.42 Å². The molecule has 1 aromatic heterocycles. The summed E-state index contributed by atoms with van der Waals surface area (Å²) in [6, 6.07) is 7.17. The van der Waals surface area contributed by atoms with E-state index >= 15 is 0 Å². The largest absolute Gasteiger partial charge is 0.495 e. The summed E-state index contributed by atoms with van der Waals surface area (Å²) in [5, 5.41) is 7.10. The second-order valence-corrected chi connectivity index (χ2v) is 5.45. The number of thiophene rings is 1. The molecule has 0 saturated heterocycles. The van der Waals surface area contributed by atoms with Crippen molar-refractivity contribution < 1.29 is 9.53 Å². The molecule has 1 aromatic carbocycles. The smallest absolute Gasteiger partial charge is 0.251 e. The van der Waals surface area contributed by atoms with Gasteiger partial charge in [0, 0.05) is 11.6 Å². The van der Waals surface area contributed by atoms with Gasteiger partial charge in [0.25, 0.3) is 5.91 Å². The van der Waals surface area contributed by atoms with E-state index in [1.165, 1.54) is 12.7 Å². The van der Waals surface area contributed by atoms with Crippen molar-refractivity contribution in [3.63, 3.8) is 0 Å². The van der Waals surface area contributed by atoms with Gasteiger partial charge < -0.3 is 15.8 Å². The fourth-order valence-corrected chi connectivity index (χ4v) is 2.65. The van der Waals surface area contributed by atoms with Crippen molar-refractivity contribution in [2.45, 2.75) is 19.4 Å². The third-order valence-corrected chi connectivity index (χ3v) is 3.73. The lowest BCUT2D eigenvalue weighted by atomic mass is 10.1. The molecular formula is C15H18N2O2S. The topological polar surface area (TPSA) is 64.3 Å². The molecule has 2 aromatic rings. The van der Waals surface area contributed by atoms with Crippen molar-refractivity contribution in [2.24, 2.45) is 0 Å². The first kappa shape index (κ1) is 14.4. The first-order chi connectivity index (χ1) is 9.60. The molecule has 0 aliphatic carbocycles. The van der Waals surface area contributed by atoms with E-state index in [0.29, 0.717) is 17.0 Å². The van der Waals surface area contributed by atoms with E-state index in [4.69, 9.17) is 10.5 Å². The van der Waals surface area contributed by atoms with Crippen LogP contribution in [0.25, 0.3) is 0 Å². The van der Waals surface area contributed by atoms with Crippen molar-refractivity contribution in [3.05, 3.63) is 46.2 Å². The molecule has 2 rings (SSSR count). The van der Waals surface area contributed by atoms with Gasteiger partial charge in [-0.15, -0.1) is 0 Å². The number of benzene rings is 1. The quantitative estimate of drug-likeness (QED) is 0.832. The van der Waals surface area contributed by atoms with Gasteiger partial charge in [-0.3, -0.25) is 4.79 Å². The van der Waals surface area contributed by atoms with Gasteiger partial charge >= 0.3 is 0 Å². The van der Waals surface area contributed by atoms with E-state index in [1.54, 1.807) is 29.5 Å². The molecule has 0 saturated carbocycles. The molecule has 20 heavy (non-hydrogen) atoms. The standard InChI is InChI=1S/C15H18N2O2S/c1-10(7-11-5-6-20-9-11)17-15(18)12-3-4-13(16)14(8-12)19-2/h3-6,8-10H,7,16H2,1-2H3,(H,17,18). The maximum Gasteiger partial charge on any atom is 0.251 e. The van der Waals surface area contributed by atoms with Crippen LogP contribution >= 0.6 is 11.3 Å². The Balaban J connectivity index is 2.00. The molecule has 0 aliphatic rings. The zero-order valence-electron chi connectivity index (χ0n) is 11.6. The number of rotatable bonds is 5. The number of hydrogen-bond donors (Lipinski definition) is 2. The van der Waals surface area contributed by atoms with Crippen LogP contribution in [0.2, 0.25) is 0 Å². The first-order valence-electron chi connectivity index (χ1n) is 6.35. The van der Waals surface area contributed by atoms with Gasteiger partial charge in [0.05, 0.1) is 12.8 Å². The van der Waals surface area contributed by atoms with Gasteiger partial charge in [-0.2, -0.15) is 11.3 Å². The number of carbonyl (C=O) groups excluding carboxylic acids is 1. The molecule has 1 unspecified atom stereocenters. The molecule has 0 bridgehead atoms. The van der Waals surface area contributed by atoms with Gasteiger partial charge in [-0.05, 0) is 53.9 Å². The molecule has 0 fully saturated rings. The lowest BCUT2D eigenvalue weighted by molar-refractivity contribution is 0.0940. The van der Waals surface area contributed by atoms with Crippen LogP contribution < -0.4 is 15.8 Å². The van der Waals surface area contributed by atoms with Gasteiger partial charge in [0.2, 0.25) is 0 Å². The first-order valence-corrected chi connectivity index (χ1v) is 7.30. The number of amides is 1. The highest BCUT2D eigenvalue weighted by molar-refractivity contribution is 7.07. The number of nitrogens with two attached hydrogens (primary N) is 1. The van der Waals surface area contributed by atoms with E-state index in [-0.39, 0.29) is 11.9 Å². The van der Waals surface area contributed by atoms with Gasteiger partial charge in [0.15, 0.2) is 0 Å². The fourth-order valence-electron chi connectivity index (χ4n) is 1.97. The Bertz CT molecular complexity index is 582. The maximum atomic E-state index is 12.2. The Kier molecular flexibility index (Phi) is 4.63. The molecule has 106 valence electrons. The minimum atomic E-state index is -0.119. The molecule has 0 aliphatic heterocycles. The molecule has 1 heterocycles. The lowest BCUT2D eigenvalue weighted by Gasteiger charge is -2.14. The average molecular weight is 290 g/mol. The number of nitrogens with one attached hydrogen (secondary N) is 1. The number of carbonyl (C=O) groups is 1. The predicted molar refractivity (Wildman–Crippen MR) is 82.4 cm³/mol. The molecule has 3 N–H and O–H groups in total. The van der Waals surface area contributed by atoms with Crippen LogP contribution in [0.3, 0.4) is 0 Å². The van der Waals surface area contributed by atoms with Crippen molar-refractivity contribution in [1.82, 2.24) is 5.32 Å². The highest BCUT2D eigenvalue weighted by Gasteiger charge is 2.12. The van der Waals surface area contributed by atoms with Gasteiger partial charge in [-0.1, -0.05) is 0 Å². The summed E-state index contributed by atoms with van der Waals surface area (Å²) >= 11 is 1.66. The molecule has 5 heteroatoms. The van der Waals surface area contributed by atoms with Crippen molar-refractivity contribution in [2.75, 3.05) is 12.8 Å². The summed E-state index contributed by atoms with van der Waals surface area (Å²) in [7, 11) is 1.53. The highest BCUT2D eigenvalue weighted by atomic mass is 32.1. The molecule has 1 atom stereocenters. The summed E-state index contributed by atoms with van der Waals surface area (Å²) < 4.78 is 5.12. The molecule has 0 spiro atoms. The van der Waals surface area contributed by atoms with Crippen LogP contribution in [0.4, 0.5) is 5.69 Å². The van der Waals surface area contributed by atoms with Gasteiger partial charge in [-0.25, -0.2) is 0 Å². The summed E-state index contributed by atoms with van der Waals surface area (Å²) in [4.78, 5) is 12.2. The van der Waals surface area contributed by atoms with Crippen LogP contribution in [0.1, 0.15) is 22.8 Å². The minimum absolute atomic E-state index is 0.0700. The third kappa shape index (κ3) is 3.51. The summed E-state index contributed by atoms with van der Waals surface area (Å²) in [6.07, 6.45) is 0.821. The Morgan fingerprint density at radius 3 is 2.90 bits per heavy atom. The predicted octanol–water partition coefficient (Wildman–Crippen LogP) is 2.70. The van der Waals surface area contributed by atoms with Crippen molar-refractivity contribution in [1.29, 1.82) is 0 Å². The van der Waals surface area contributed by atoms with E-state index in [2.05, 4.69) is 16.8 Å². The lowest BCUT2D eigenvalue weighted by Crippen LogP contribution is -2.34. The number of hydrogen-bond acceptors (Lipinski definition) is 4. The Morgan fingerprint density at radius 2 is 2.25 bits per heavy atom. The van der Waals surface area contributed by atoms with Crippen LogP contribution in [-0.4, -0.2) is 19.1 Å². The molecule has 0 radical (unpaired) electrons. The van der Waals surface area contributed by atoms with Gasteiger partial charge in [0.1, 0.15) is 5.75 Å². The normalized spacial score (nSPS) is 11.9. The zero-order chi connectivity index (χ0) is 14.5. The van der Waals surface area contributed by atoms with Crippen molar-refractivity contribution >= 4 is 22.9 Å². The van der Waals surface area contributed by atoms with Crippen LogP contribution in [-0.2, 0) is 6.42 Å². The Morgan fingerprint density at radius 1 is 1.45 bits per heavy atom. The zero-order valence-corrected chi connectivity index (χ0v) is 12.4. The second kappa shape index (κ2) is 6.43. The number of ether oxygens (including phenoxy) is 1. The second-order valence-electron chi connectivity index (χ2n) is 4.67. The average Bonchev–Trinajstić information content (AvgIpc) is 2.91. The van der Waals surface area contributed by atoms with E-state index in [1.807, 2.05) is 12.3 Å². The Hall–Kier alpha value is -2.01. The molecular weight excluding hydrogens is 272 g/mol. The third-order valence-electron chi connectivity index (χ3n) is 3.00. The van der Waals surface area contributed by atoms with E-state index in [9.17, 15) is 4.79 Å². The fraction of sp³-hybridized carbons (Fsp3) is 0.267. The van der Waals surface area contributed by atoms with Crippen LogP contribution in [0, 0.1) is 0 Å². The van der Waals surface area contributed by atoms with E-state index < -0.39 is 0 Å². The van der Waals surface area contributed by atoms with Crippen molar-refractivity contribution in [3.8, 4) is 5.75 Å². The number of anilines is 1. The van der Waals surface area contributed by atoms with Crippen LogP contribution in [0.5, 0.6) is 5.75 Å². The Labute approximate surface area is 122 Å². The molecule has 4 nitrogen and oxygen atoms in total. The minimum Gasteiger partial charge on any atom is -0.495 e. The maximum absolute atomic E-state index is 12.2. The highest BCUT2D eigenvalue weighted by Crippen LogP contribution is 2.22. The number of methoxy groups -OCH3 is 1. The monoisotopic (exact) mass is 290 g/mol. The SMILES string of the molecule is COc1cc(C(=O)NC(C)Cc2ccsc2)ccc1N. The summed E-state index contributed by atoms with van der Waals surface area (Å²) in [5.74, 6) is 0.397. The number of nitrogen functional groups attached to an aromatic ring is 1.